The van der Waals surface area contributed by atoms with Gasteiger partial charge in [-0.3, -0.25) is 4.79 Å². The lowest BCUT2D eigenvalue weighted by molar-refractivity contribution is -0.605. The molecule has 0 unspecified atom stereocenters. The van der Waals surface area contributed by atoms with Crippen LogP contribution in [0.3, 0.4) is 0 Å². The SMILES string of the molecule is CN(C(=O)Nc1ccc(-c2ccccc2)cc1)C1CCN(C(=O)c2cc[n+]([O-])cc2)CC1. The van der Waals surface area contributed by atoms with Crippen molar-refractivity contribution in [2.75, 3.05) is 25.5 Å². The summed E-state index contributed by atoms with van der Waals surface area (Å²) in [5.74, 6) is -0.0883. The monoisotopic (exact) mass is 430 g/mol. The van der Waals surface area contributed by atoms with Gasteiger partial charge in [0.05, 0.1) is 5.56 Å². The van der Waals surface area contributed by atoms with E-state index in [1.54, 1.807) is 16.8 Å². The normalized spacial score (nSPS) is 14.1. The number of aromatic nitrogens is 1. The number of benzene rings is 2. The van der Waals surface area contributed by atoms with Gasteiger partial charge in [-0.25, -0.2) is 4.79 Å². The fraction of sp³-hybridized carbons (Fsp3) is 0.240. The topological polar surface area (TPSA) is 79.6 Å². The van der Waals surface area contributed by atoms with Crippen LogP contribution in [0, 0.1) is 5.21 Å². The molecule has 0 saturated carbocycles. The number of amides is 3. The molecule has 1 fully saturated rings. The van der Waals surface area contributed by atoms with E-state index in [-0.39, 0.29) is 18.0 Å². The number of urea groups is 1. The minimum absolute atomic E-state index is 0.0576. The van der Waals surface area contributed by atoms with Crippen molar-refractivity contribution in [1.29, 1.82) is 0 Å². The second kappa shape index (κ2) is 9.51. The molecule has 0 bridgehead atoms. The average Bonchev–Trinajstić information content (AvgIpc) is 2.85. The van der Waals surface area contributed by atoms with Crippen molar-refractivity contribution >= 4 is 17.6 Å². The van der Waals surface area contributed by atoms with Gasteiger partial charge in [0, 0.05) is 44.0 Å². The highest BCUT2D eigenvalue weighted by molar-refractivity contribution is 5.94. The van der Waals surface area contributed by atoms with Crippen molar-refractivity contribution in [1.82, 2.24) is 9.80 Å². The third-order valence-corrected chi connectivity index (χ3v) is 5.91. The number of carbonyl (C=O) groups excluding carboxylic acids is 2. The number of hydrogen-bond acceptors (Lipinski definition) is 3. The van der Waals surface area contributed by atoms with Crippen LogP contribution in [0.4, 0.5) is 10.5 Å². The summed E-state index contributed by atoms with van der Waals surface area (Å²) in [5.41, 5.74) is 3.47. The van der Waals surface area contributed by atoms with Gasteiger partial charge in [-0.1, -0.05) is 42.5 Å². The molecule has 4 rings (SSSR count). The minimum Gasteiger partial charge on any atom is -0.619 e. The van der Waals surface area contributed by atoms with Crippen molar-refractivity contribution in [2.24, 2.45) is 0 Å². The molecular formula is C25H26N4O3. The summed E-state index contributed by atoms with van der Waals surface area (Å²) in [6.07, 6.45) is 4.06. The number of piperidine rings is 1. The molecule has 0 spiro atoms. The van der Waals surface area contributed by atoms with E-state index in [0.717, 1.165) is 16.8 Å². The van der Waals surface area contributed by atoms with E-state index >= 15 is 0 Å². The highest BCUT2D eigenvalue weighted by Crippen LogP contribution is 2.22. The number of carbonyl (C=O) groups is 2. The molecule has 0 atom stereocenters. The summed E-state index contributed by atoms with van der Waals surface area (Å²) in [6.45, 7) is 1.14. The van der Waals surface area contributed by atoms with Crippen molar-refractivity contribution in [2.45, 2.75) is 18.9 Å². The first kappa shape index (κ1) is 21.4. The summed E-state index contributed by atoms with van der Waals surface area (Å²) in [6, 6.07) is 20.8. The lowest BCUT2D eigenvalue weighted by atomic mass is 10.0. The van der Waals surface area contributed by atoms with E-state index in [4.69, 9.17) is 0 Å². The summed E-state index contributed by atoms with van der Waals surface area (Å²) >= 11 is 0. The third kappa shape index (κ3) is 4.88. The van der Waals surface area contributed by atoms with Crippen molar-refractivity contribution in [3.63, 3.8) is 0 Å². The maximum absolute atomic E-state index is 12.7. The fourth-order valence-electron chi connectivity index (χ4n) is 3.95. The molecule has 7 nitrogen and oxygen atoms in total. The predicted octanol–water partition coefficient (Wildman–Crippen LogP) is 3.76. The molecule has 1 aliphatic rings. The zero-order valence-corrected chi connectivity index (χ0v) is 18.0. The standard InChI is InChI=1S/C25H26N4O3/c1-27(23-13-15-28(16-14-23)24(30)21-11-17-29(32)18-12-21)25(31)26-22-9-7-20(8-10-22)19-5-3-2-4-6-19/h2-12,17-18,23H,13-16H2,1H3,(H,26,31). The van der Waals surface area contributed by atoms with Crippen LogP contribution in [0.15, 0.2) is 79.1 Å². The van der Waals surface area contributed by atoms with Gasteiger partial charge < -0.3 is 20.3 Å². The maximum Gasteiger partial charge on any atom is 0.321 e. The second-order valence-corrected chi connectivity index (χ2v) is 7.95. The van der Waals surface area contributed by atoms with E-state index in [0.29, 0.717) is 36.2 Å². The highest BCUT2D eigenvalue weighted by atomic mass is 16.5. The molecule has 3 amide bonds. The molecule has 0 aliphatic carbocycles. The summed E-state index contributed by atoms with van der Waals surface area (Å²) in [7, 11) is 1.79. The Morgan fingerprint density at radius 1 is 0.938 bits per heavy atom. The van der Waals surface area contributed by atoms with Crippen molar-refractivity contribution in [3.8, 4) is 11.1 Å². The number of likely N-dealkylation sites (tertiary alicyclic amines) is 1. The van der Waals surface area contributed by atoms with E-state index in [2.05, 4.69) is 17.4 Å². The summed E-state index contributed by atoms with van der Waals surface area (Å²) in [4.78, 5) is 28.8. The molecule has 32 heavy (non-hydrogen) atoms. The molecule has 1 aliphatic heterocycles. The molecule has 0 radical (unpaired) electrons. The molecule has 7 heteroatoms. The summed E-state index contributed by atoms with van der Waals surface area (Å²) < 4.78 is 0.659. The first-order valence-corrected chi connectivity index (χ1v) is 10.7. The Kier molecular flexibility index (Phi) is 6.35. The first-order valence-electron chi connectivity index (χ1n) is 10.7. The Hall–Kier alpha value is -3.87. The zero-order chi connectivity index (χ0) is 22.5. The van der Waals surface area contributed by atoms with Crippen LogP contribution >= 0.6 is 0 Å². The Labute approximate surface area is 187 Å². The molecule has 164 valence electrons. The number of nitrogens with zero attached hydrogens (tertiary/aromatic N) is 3. The smallest absolute Gasteiger partial charge is 0.321 e. The largest absolute Gasteiger partial charge is 0.619 e. The van der Waals surface area contributed by atoms with Gasteiger partial charge in [0.1, 0.15) is 0 Å². The molecule has 1 saturated heterocycles. The van der Waals surface area contributed by atoms with Crippen LogP contribution in [0.5, 0.6) is 0 Å². The first-order chi connectivity index (χ1) is 15.5. The molecule has 1 N–H and O–H groups in total. The van der Waals surface area contributed by atoms with E-state index < -0.39 is 0 Å². The number of rotatable bonds is 4. The number of nitrogens with one attached hydrogen (secondary N) is 1. The fourth-order valence-corrected chi connectivity index (χ4v) is 3.95. The van der Waals surface area contributed by atoms with Crippen LogP contribution < -0.4 is 10.0 Å². The Morgan fingerprint density at radius 3 is 2.16 bits per heavy atom. The van der Waals surface area contributed by atoms with Gasteiger partial charge in [-0.15, -0.1) is 0 Å². The van der Waals surface area contributed by atoms with Crippen LogP contribution in [0.2, 0.25) is 0 Å². The van der Waals surface area contributed by atoms with Crippen LogP contribution in [-0.2, 0) is 0 Å². The molecule has 2 heterocycles. The quantitative estimate of drug-likeness (QED) is 0.506. The van der Waals surface area contributed by atoms with Crippen LogP contribution in [0.1, 0.15) is 23.2 Å². The highest BCUT2D eigenvalue weighted by Gasteiger charge is 2.28. The Bertz CT molecular complexity index is 1060. The van der Waals surface area contributed by atoms with E-state index in [9.17, 15) is 14.8 Å². The summed E-state index contributed by atoms with van der Waals surface area (Å²) in [5, 5.41) is 14.1. The third-order valence-electron chi connectivity index (χ3n) is 5.91. The number of hydrogen-bond donors (Lipinski definition) is 1. The van der Waals surface area contributed by atoms with E-state index in [1.807, 2.05) is 42.5 Å². The number of pyridine rings is 1. The molecule has 1 aromatic heterocycles. The Balaban J connectivity index is 1.30. The van der Waals surface area contributed by atoms with Crippen LogP contribution in [-0.4, -0.2) is 47.9 Å². The molecule has 3 aromatic rings. The van der Waals surface area contributed by atoms with Crippen molar-refractivity contribution < 1.29 is 14.3 Å². The van der Waals surface area contributed by atoms with Gasteiger partial charge in [0.25, 0.3) is 5.91 Å². The predicted molar refractivity (Wildman–Crippen MR) is 123 cm³/mol. The van der Waals surface area contributed by atoms with Crippen molar-refractivity contribution in [3.05, 3.63) is 89.9 Å². The van der Waals surface area contributed by atoms with Gasteiger partial charge in [-0.2, -0.15) is 4.73 Å². The lowest BCUT2D eigenvalue weighted by Crippen LogP contribution is -2.48. The second-order valence-electron chi connectivity index (χ2n) is 7.95. The Morgan fingerprint density at radius 2 is 1.53 bits per heavy atom. The van der Waals surface area contributed by atoms with Crippen LogP contribution in [0.25, 0.3) is 11.1 Å². The lowest BCUT2D eigenvalue weighted by Gasteiger charge is -2.36. The molecule has 2 aromatic carbocycles. The zero-order valence-electron chi connectivity index (χ0n) is 18.0. The van der Waals surface area contributed by atoms with E-state index in [1.165, 1.54) is 24.5 Å². The van der Waals surface area contributed by atoms with Gasteiger partial charge >= 0.3 is 6.03 Å². The van der Waals surface area contributed by atoms with Gasteiger partial charge in [0.2, 0.25) is 0 Å². The number of anilines is 1. The maximum atomic E-state index is 12.7. The minimum atomic E-state index is -0.162. The average molecular weight is 431 g/mol. The molecular weight excluding hydrogens is 404 g/mol. The van der Waals surface area contributed by atoms with Gasteiger partial charge in [0.15, 0.2) is 12.4 Å². The van der Waals surface area contributed by atoms with Gasteiger partial charge in [-0.05, 0) is 36.1 Å².